The van der Waals surface area contributed by atoms with Gasteiger partial charge in [-0.05, 0) is 32.6 Å². The molecule has 19 heavy (non-hydrogen) atoms. The Balaban J connectivity index is 1.97. The molecule has 106 valence electrons. The maximum atomic E-state index is 9.49. The first-order valence-corrected chi connectivity index (χ1v) is 6.83. The molecule has 0 radical (unpaired) electrons. The lowest BCUT2D eigenvalue weighted by Gasteiger charge is -2.26. The summed E-state index contributed by atoms with van der Waals surface area (Å²) in [6, 6.07) is 2.08. The molecule has 0 aromatic carbocycles. The van der Waals surface area contributed by atoms with E-state index in [0.29, 0.717) is 30.9 Å². The first kappa shape index (κ1) is 14.0. The van der Waals surface area contributed by atoms with Crippen molar-refractivity contribution in [1.29, 1.82) is 0 Å². The summed E-state index contributed by atoms with van der Waals surface area (Å²) in [5.74, 6) is 1.78. The van der Waals surface area contributed by atoms with Gasteiger partial charge in [0.15, 0.2) is 5.82 Å². The molecule has 1 heterocycles. The molecule has 0 spiro atoms. The Morgan fingerprint density at radius 3 is 2.79 bits per heavy atom. The number of nitrogen functional groups attached to an aromatic ring is 1. The fourth-order valence-corrected chi connectivity index (χ4v) is 2.28. The van der Waals surface area contributed by atoms with Gasteiger partial charge in [0, 0.05) is 18.7 Å². The van der Waals surface area contributed by atoms with E-state index in [4.69, 9.17) is 10.5 Å². The van der Waals surface area contributed by atoms with E-state index >= 15 is 0 Å². The minimum Gasteiger partial charge on any atom is -0.393 e. The van der Waals surface area contributed by atoms with Crippen LogP contribution in [-0.4, -0.2) is 33.8 Å². The van der Waals surface area contributed by atoms with Crippen molar-refractivity contribution < 1.29 is 9.84 Å². The molecule has 0 unspecified atom stereocenters. The molecule has 0 amide bonds. The number of hydrogen-bond donors (Lipinski definition) is 3. The highest BCUT2D eigenvalue weighted by Gasteiger charge is 2.19. The Morgan fingerprint density at radius 2 is 2.11 bits per heavy atom. The second kappa shape index (κ2) is 6.68. The van der Waals surface area contributed by atoms with Crippen molar-refractivity contribution in [1.82, 2.24) is 9.97 Å². The summed E-state index contributed by atoms with van der Waals surface area (Å²) >= 11 is 0. The third-order valence-corrected chi connectivity index (χ3v) is 3.28. The minimum atomic E-state index is -0.151. The molecule has 0 aliphatic heterocycles. The van der Waals surface area contributed by atoms with Crippen LogP contribution in [0.1, 0.15) is 38.4 Å². The fraction of sp³-hybridized carbons (Fsp3) is 0.692. The van der Waals surface area contributed by atoms with E-state index in [-0.39, 0.29) is 6.10 Å². The average molecular weight is 266 g/mol. The average Bonchev–Trinajstić information content (AvgIpc) is 2.38. The number of nitrogens with one attached hydrogen (secondary N) is 1. The summed E-state index contributed by atoms with van der Waals surface area (Å²) in [7, 11) is 0. The SMILES string of the molecule is CCOCc1nc(N)cc(NC2CCC(O)CC2)n1. The molecule has 2 rings (SSSR count). The molecule has 4 N–H and O–H groups in total. The van der Waals surface area contributed by atoms with Gasteiger partial charge in [0.25, 0.3) is 0 Å². The highest BCUT2D eigenvalue weighted by atomic mass is 16.5. The zero-order valence-corrected chi connectivity index (χ0v) is 11.3. The van der Waals surface area contributed by atoms with E-state index in [1.807, 2.05) is 6.92 Å². The number of rotatable bonds is 5. The zero-order valence-electron chi connectivity index (χ0n) is 11.3. The number of ether oxygens (including phenoxy) is 1. The monoisotopic (exact) mass is 266 g/mol. The summed E-state index contributed by atoms with van der Waals surface area (Å²) in [4.78, 5) is 8.53. The first-order valence-electron chi connectivity index (χ1n) is 6.83. The number of hydrogen-bond acceptors (Lipinski definition) is 6. The molecule has 0 bridgehead atoms. The number of aliphatic hydroxyl groups is 1. The second-order valence-corrected chi connectivity index (χ2v) is 4.88. The van der Waals surface area contributed by atoms with Crippen LogP contribution in [0.2, 0.25) is 0 Å². The zero-order chi connectivity index (χ0) is 13.7. The van der Waals surface area contributed by atoms with Gasteiger partial charge < -0.3 is 20.9 Å². The molecule has 0 atom stereocenters. The molecule has 1 aliphatic rings. The molecule has 1 saturated carbocycles. The van der Waals surface area contributed by atoms with Crippen molar-refractivity contribution in [3.63, 3.8) is 0 Å². The van der Waals surface area contributed by atoms with Gasteiger partial charge in [0.1, 0.15) is 18.2 Å². The van der Waals surface area contributed by atoms with Gasteiger partial charge in [0.2, 0.25) is 0 Å². The highest BCUT2D eigenvalue weighted by molar-refractivity contribution is 5.45. The molecule has 1 aliphatic carbocycles. The summed E-state index contributed by atoms with van der Waals surface area (Å²) in [6.07, 6.45) is 3.42. The Morgan fingerprint density at radius 1 is 1.37 bits per heavy atom. The van der Waals surface area contributed by atoms with Crippen LogP contribution in [-0.2, 0) is 11.3 Å². The molecule has 1 fully saturated rings. The lowest BCUT2D eigenvalue weighted by molar-refractivity contribution is 0.125. The van der Waals surface area contributed by atoms with Crippen molar-refractivity contribution in [3.05, 3.63) is 11.9 Å². The van der Waals surface area contributed by atoms with Gasteiger partial charge >= 0.3 is 0 Å². The van der Waals surface area contributed by atoms with E-state index in [2.05, 4.69) is 15.3 Å². The Labute approximate surface area is 113 Å². The molecule has 0 saturated heterocycles. The topological polar surface area (TPSA) is 93.3 Å². The third kappa shape index (κ3) is 4.33. The summed E-state index contributed by atoms with van der Waals surface area (Å²) in [6.45, 7) is 2.93. The van der Waals surface area contributed by atoms with E-state index in [9.17, 15) is 5.11 Å². The van der Waals surface area contributed by atoms with Crippen LogP contribution in [0.15, 0.2) is 6.07 Å². The Hall–Kier alpha value is -1.40. The van der Waals surface area contributed by atoms with Gasteiger partial charge in [0.05, 0.1) is 6.10 Å². The van der Waals surface area contributed by atoms with Crippen LogP contribution in [0.5, 0.6) is 0 Å². The van der Waals surface area contributed by atoms with Gasteiger partial charge in [-0.3, -0.25) is 0 Å². The summed E-state index contributed by atoms with van der Waals surface area (Å²) < 4.78 is 5.29. The number of nitrogens with two attached hydrogens (primary N) is 1. The maximum absolute atomic E-state index is 9.49. The van der Waals surface area contributed by atoms with Crippen LogP contribution in [0.25, 0.3) is 0 Å². The fourth-order valence-electron chi connectivity index (χ4n) is 2.28. The number of anilines is 2. The van der Waals surface area contributed by atoms with Gasteiger partial charge in [-0.25, -0.2) is 9.97 Å². The second-order valence-electron chi connectivity index (χ2n) is 4.88. The smallest absolute Gasteiger partial charge is 0.158 e. The lowest BCUT2D eigenvalue weighted by Crippen LogP contribution is -2.28. The molecular formula is C13H22N4O2. The normalized spacial score (nSPS) is 23.3. The van der Waals surface area contributed by atoms with E-state index in [0.717, 1.165) is 31.5 Å². The van der Waals surface area contributed by atoms with E-state index in [1.165, 1.54) is 0 Å². The van der Waals surface area contributed by atoms with Crippen molar-refractivity contribution in [2.75, 3.05) is 17.7 Å². The van der Waals surface area contributed by atoms with Crippen molar-refractivity contribution in [2.24, 2.45) is 0 Å². The number of aromatic nitrogens is 2. The van der Waals surface area contributed by atoms with Crippen LogP contribution < -0.4 is 11.1 Å². The van der Waals surface area contributed by atoms with E-state index < -0.39 is 0 Å². The Kier molecular flexibility index (Phi) is 4.93. The van der Waals surface area contributed by atoms with Crippen LogP contribution in [0.3, 0.4) is 0 Å². The maximum Gasteiger partial charge on any atom is 0.158 e. The predicted octanol–water partition coefficient (Wildman–Crippen LogP) is 1.31. The van der Waals surface area contributed by atoms with Crippen molar-refractivity contribution >= 4 is 11.6 Å². The minimum absolute atomic E-state index is 0.151. The third-order valence-electron chi connectivity index (χ3n) is 3.28. The number of nitrogens with zero attached hydrogens (tertiary/aromatic N) is 2. The molecule has 6 nitrogen and oxygen atoms in total. The summed E-state index contributed by atoms with van der Waals surface area (Å²) in [5, 5.41) is 12.8. The predicted molar refractivity (Wildman–Crippen MR) is 73.7 cm³/mol. The quantitative estimate of drug-likeness (QED) is 0.744. The molecule has 6 heteroatoms. The van der Waals surface area contributed by atoms with Crippen molar-refractivity contribution in [2.45, 2.75) is 51.4 Å². The molecule has 1 aromatic rings. The van der Waals surface area contributed by atoms with Crippen LogP contribution in [0, 0.1) is 0 Å². The van der Waals surface area contributed by atoms with Crippen LogP contribution >= 0.6 is 0 Å². The standard InChI is InChI=1S/C13H22N4O2/c1-2-19-8-13-16-11(14)7-12(17-13)15-9-3-5-10(18)6-4-9/h7,9-10,18H,2-6,8H2,1H3,(H3,14,15,16,17). The summed E-state index contributed by atoms with van der Waals surface area (Å²) in [5.41, 5.74) is 5.77. The van der Waals surface area contributed by atoms with Gasteiger partial charge in [-0.1, -0.05) is 0 Å². The highest BCUT2D eigenvalue weighted by Crippen LogP contribution is 2.22. The lowest BCUT2D eigenvalue weighted by atomic mass is 9.93. The number of aliphatic hydroxyl groups excluding tert-OH is 1. The van der Waals surface area contributed by atoms with Crippen molar-refractivity contribution in [3.8, 4) is 0 Å². The molecular weight excluding hydrogens is 244 g/mol. The molecule has 1 aromatic heterocycles. The van der Waals surface area contributed by atoms with Gasteiger partial charge in [-0.2, -0.15) is 0 Å². The van der Waals surface area contributed by atoms with Crippen LogP contribution in [0.4, 0.5) is 11.6 Å². The first-order chi connectivity index (χ1) is 9.17. The van der Waals surface area contributed by atoms with Gasteiger partial charge in [-0.15, -0.1) is 0 Å². The largest absolute Gasteiger partial charge is 0.393 e. The van der Waals surface area contributed by atoms with E-state index in [1.54, 1.807) is 6.07 Å². The Bertz CT molecular complexity index is 406.